The highest BCUT2D eigenvalue weighted by molar-refractivity contribution is 14.1. The van der Waals surface area contributed by atoms with Crippen molar-refractivity contribution in [3.63, 3.8) is 0 Å². The SMILES string of the molecule is CC1(OC(=O)C(CC(=O)Oc2c(I)cc(I)cc2C(=O)OCC(F)(F)S(=O)(=O)O)C2c3ccccc3Cc3ccccc32)CCCC1. The molecule has 0 aliphatic heterocycles. The predicted octanol–water partition coefficient (Wildman–Crippen LogP) is 7.06. The Morgan fingerprint density at radius 3 is 2.15 bits per heavy atom. The van der Waals surface area contributed by atoms with Crippen molar-refractivity contribution < 1.29 is 50.3 Å². The fraction of sp³-hybridized carbons (Fsp3) is 0.364. The molecule has 2 aliphatic carbocycles. The van der Waals surface area contributed by atoms with Gasteiger partial charge >= 0.3 is 33.3 Å². The maximum Gasteiger partial charge on any atom is 0.402 e. The molecule has 47 heavy (non-hydrogen) atoms. The van der Waals surface area contributed by atoms with Gasteiger partial charge in [0.2, 0.25) is 0 Å². The summed E-state index contributed by atoms with van der Waals surface area (Å²) in [7, 11) is -5.86. The van der Waals surface area contributed by atoms with E-state index in [4.69, 9.17) is 14.0 Å². The largest absolute Gasteiger partial charge is 0.459 e. The zero-order valence-corrected chi connectivity index (χ0v) is 30.1. The predicted molar refractivity (Wildman–Crippen MR) is 183 cm³/mol. The molecule has 3 aromatic carbocycles. The van der Waals surface area contributed by atoms with E-state index < -0.39 is 69.3 Å². The summed E-state index contributed by atoms with van der Waals surface area (Å²) in [6.45, 7) is -0.0826. The van der Waals surface area contributed by atoms with E-state index in [1.165, 1.54) is 6.07 Å². The number of benzene rings is 3. The molecule has 3 aromatic rings. The van der Waals surface area contributed by atoms with Crippen LogP contribution in [0.5, 0.6) is 5.75 Å². The van der Waals surface area contributed by atoms with Crippen LogP contribution < -0.4 is 4.74 Å². The van der Waals surface area contributed by atoms with Crippen LogP contribution in [-0.4, -0.2) is 48.3 Å². The lowest BCUT2D eigenvalue weighted by molar-refractivity contribution is -0.165. The lowest BCUT2D eigenvalue weighted by atomic mass is 9.71. The number of carbonyl (C=O) groups excluding carboxylic acids is 3. The molecule has 2 aliphatic rings. The van der Waals surface area contributed by atoms with Crippen molar-refractivity contribution >= 4 is 73.2 Å². The van der Waals surface area contributed by atoms with E-state index in [0.717, 1.165) is 35.1 Å². The number of rotatable bonds is 10. The van der Waals surface area contributed by atoms with E-state index in [9.17, 15) is 31.6 Å². The van der Waals surface area contributed by atoms with Crippen LogP contribution >= 0.6 is 45.2 Å². The Morgan fingerprint density at radius 1 is 1.00 bits per heavy atom. The minimum Gasteiger partial charge on any atom is -0.459 e. The Hall–Kier alpha value is -2.70. The van der Waals surface area contributed by atoms with Crippen LogP contribution in [0, 0.1) is 13.1 Å². The molecule has 0 radical (unpaired) electrons. The second kappa shape index (κ2) is 14.0. The van der Waals surface area contributed by atoms with Crippen molar-refractivity contribution in [2.45, 2.75) is 62.2 Å². The molecular weight excluding hydrogens is 864 g/mol. The van der Waals surface area contributed by atoms with Crippen molar-refractivity contribution in [3.05, 3.63) is 95.6 Å². The normalized spacial score (nSPS) is 16.5. The van der Waals surface area contributed by atoms with Crippen LogP contribution in [0.15, 0.2) is 60.7 Å². The van der Waals surface area contributed by atoms with Gasteiger partial charge in [-0.05, 0) is 119 Å². The molecule has 1 fully saturated rings. The van der Waals surface area contributed by atoms with E-state index in [2.05, 4.69) is 4.74 Å². The van der Waals surface area contributed by atoms with Gasteiger partial charge in [-0.1, -0.05) is 48.5 Å². The smallest absolute Gasteiger partial charge is 0.402 e. The molecule has 0 amide bonds. The topological polar surface area (TPSA) is 133 Å². The Morgan fingerprint density at radius 2 is 1.57 bits per heavy atom. The van der Waals surface area contributed by atoms with E-state index in [1.807, 2.05) is 78.0 Å². The van der Waals surface area contributed by atoms with Gasteiger partial charge in [0.15, 0.2) is 12.4 Å². The van der Waals surface area contributed by atoms with Gasteiger partial charge in [0, 0.05) is 9.49 Å². The summed E-state index contributed by atoms with van der Waals surface area (Å²) in [6.07, 6.45) is 3.40. The summed E-state index contributed by atoms with van der Waals surface area (Å²) in [5, 5.41) is -4.76. The van der Waals surface area contributed by atoms with Crippen molar-refractivity contribution in [1.29, 1.82) is 0 Å². The minimum atomic E-state index is -5.86. The lowest BCUT2D eigenvalue weighted by Gasteiger charge is -2.35. The number of alkyl halides is 2. The van der Waals surface area contributed by atoms with Gasteiger partial charge in [-0.3, -0.25) is 14.1 Å². The van der Waals surface area contributed by atoms with E-state index in [0.29, 0.717) is 22.8 Å². The van der Waals surface area contributed by atoms with Gasteiger partial charge in [0.05, 0.1) is 15.9 Å². The maximum atomic E-state index is 14.1. The third kappa shape index (κ3) is 7.96. The summed E-state index contributed by atoms with van der Waals surface area (Å²) in [4.78, 5) is 40.8. The van der Waals surface area contributed by atoms with Crippen LogP contribution in [0.4, 0.5) is 8.78 Å². The molecule has 0 bridgehead atoms. The zero-order chi connectivity index (χ0) is 34.1. The van der Waals surface area contributed by atoms with Crippen molar-refractivity contribution in [1.82, 2.24) is 0 Å². The molecule has 0 aromatic heterocycles. The number of halogens is 4. The quantitative estimate of drug-likeness (QED) is 0.0984. The lowest BCUT2D eigenvalue weighted by Crippen LogP contribution is -2.37. The summed E-state index contributed by atoms with van der Waals surface area (Å²) in [5.41, 5.74) is 2.67. The van der Waals surface area contributed by atoms with Crippen molar-refractivity contribution in [2.24, 2.45) is 5.92 Å². The first-order valence-corrected chi connectivity index (χ1v) is 18.3. The number of esters is 3. The fourth-order valence-corrected chi connectivity index (χ4v) is 8.30. The van der Waals surface area contributed by atoms with Crippen molar-refractivity contribution in [3.8, 4) is 5.75 Å². The van der Waals surface area contributed by atoms with Gasteiger partial charge in [0.25, 0.3) is 0 Å². The minimum absolute atomic E-state index is 0.252. The molecule has 1 unspecified atom stereocenters. The monoisotopic (exact) mass is 894 g/mol. The Labute approximate surface area is 297 Å². The molecule has 1 saturated carbocycles. The van der Waals surface area contributed by atoms with Crippen LogP contribution in [0.2, 0.25) is 0 Å². The number of carbonyl (C=O) groups is 3. The zero-order valence-electron chi connectivity index (χ0n) is 25.0. The standard InChI is InChI=1S/C33H30F2I2O9S/c1-32(12-6-7-13-32)46-31(40)24(28-22-10-4-2-8-19(22)14-20-9-3-5-11-23(20)28)17-27(38)45-29-25(15-21(36)16-26(29)37)30(39)44-18-33(34,35)47(41,42)43/h2-5,8-11,15-16,24,28H,6-7,12-14,17-18H2,1H3,(H,41,42,43). The van der Waals surface area contributed by atoms with Crippen LogP contribution in [0.3, 0.4) is 0 Å². The summed E-state index contributed by atoms with van der Waals surface area (Å²) >= 11 is 3.65. The molecule has 0 heterocycles. The second-order valence-electron chi connectivity index (χ2n) is 11.9. The average molecular weight is 894 g/mol. The number of hydrogen-bond donors (Lipinski definition) is 1. The van der Waals surface area contributed by atoms with Gasteiger partial charge in [-0.25, -0.2) is 4.79 Å². The first-order chi connectivity index (χ1) is 22.1. The third-order valence-electron chi connectivity index (χ3n) is 8.45. The Kier molecular flexibility index (Phi) is 10.6. The van der Waals surface area contributed by atoms with Gasteiger partial charge in [-0.2, -0.15) is 17.2 Å². The summed E-state index contributed by atoms with van der Waals surface area (Å²) in [5.74, 6) is -4.74. The van der Waals surface area contributed by atoms with E-state index in [1.54, 1.807) is 28.7 Å². The van der Waals surface area contributed by atoms with Gasteiger partial charge < -0.3 is 14.2 Å². The molecule has 9 nitrogen and oxygen atoms in total. The van der Waals surface area contributed by atoms with Crippen LogP contribution in [-0.2, 0) is 35.6 Å². The Balaban J connectivity index is 1.48. The molecule has 250 valence electrons. The molecule has 0 spiro atoms. The first kappa shape index (κ1) is 35.6. The number of fused-ring (bicyclic) bond motifs is 2. The summed E-state index contributed by atoms with van der Waals surface area (Å²) < 4.78 is 75.4. The van der Waals surface area contributed by atoms with Crippen LogP contribution in [0.25, 0.3) is 0 Å². The fourth-order valence-electron chi connectivity index (χ4n) is 6.14. The van der Waals surface area contributed by atoms with E-state index in [-0.39, 0.29) is 9.32 Å². The average Bonchev–Trinajstić information content (AvgIpc) is 3.43. The summed E-state index contributed by atoms with van der Waals surface area (Å²) in [6, 6.07) is 18.2. The number of ether oxygens (including phenoxy) is 3. The van der Waals surface area contributed by atoms with Crippen molar-refractivity contribution in [2.75, 3.05) is 6.61 Å². The van der Waals surface area contributed by atoms with Crippen LogP contribution in [0.1, 0.15) is 77.6 Å². The molecule has 1 N–H and O–H groups in total. The molecule has 1 atom stereocenters. The van der Waals surface area contributed by atoms with E-state index >= 15 is 0 Å². The second-order valence-corrected chi connectivity index (χ2v) is 15.8. The highest BCUT2D eigenvalue weighted by atomic mass is 127. The maximum absolute atomic E-state index is 14.1. The molecule has 5 rings (SSSR count). The molecular formula is C33H30F2I2O9S. The Bertz CT molecular complexity index is 1780. The first-order valence-electron chi connectivity index (χ1n) is 14.7. The molecule has 14 heteroatoms. The number of hydrogen-bond acceptors (Lipinski definition) is 8. The highest BCUT2D eigenvalue weighted by Gasteiger charge is 2.46. The molecule has 0 saturated heterocycles. The van der Waals surface area contributed by atoms with Gasteiger partial charge in [-0.15, -0.1) is 0 Å². The highest BCUT2D eigenvalue weighted by Crippen LogP contribution is 2.44. The third-order valence-corrected chi connectivity index (χ3v) is 10.8. The van der Waals surface area contributed by atoms with Gasteiger partial charge in [0.1, 0.15) is 11.2 Å².